The van der Waals surface area contributed by atoms with E-state index in [1.165, 1.54) is 17.5 Å². The van der Waals surface area contributed by atoms with Crippen molar-refractivity contribution in [3.63, 3.8) is 0 Å². The second-order valence-electron chi connectivity index (χ2n) is 4.79. The molecule has 7 nitrogen and oxygen atoms in total. The van der Waals surface area contributed by atoms with E-state index < -0.39 is 0 Å². The Balaban J connectivity index is 1.52. The van der Waals surface area contributed by atoms with Crippen LogP contribution in [0.5, 0.6) is 0 Å². The number of nitrogens with one attached hydrogen (secondary N) is 1. The van der Waals surface area contributed by atoms with Gasteiger partial charge in [0.15, 0.2) is 5.69 Å². The molecule has 19 heavy (non-hydrogen) atoms. The monoisotopic (exact) mass is 260 g/mol. The van der Waals surface area contributed by atoms with Crippen LogP contribution in [0.25, 0.3) is 0 Å². The molecule has 100 valence electrons. The molecular weight excluding hydrogens is 244 g/mol. The van der Waals surface area contributed by atoms with Crippen molar-refractivity contribution in [2.75, 3.05) is 6.54 Å². The van der Waals surface area contributed by atoms with Crippen LogP contribution in [0.1, 0.15) is 35.1 Å². The molecule has 2 aromatic heterocycles. The maximum atomic E-state index is 11.8. The molecule has 7 heteroatoms. The summed E-state index contributed by atoms with van der Waals surface area (Å²) in [5.41, 5.74) is 0.343. The van der Waals surface area contributed by atoms with Crippen molar-refractivity contribution >= 4 is 5.91 Å². The lowest BCUT2D eigenvalue weighted by Crippen LogP contribution is -2.27. The number of hydrogen-bond acceptors (Lipinski definition) is 4. The van der Waals surface area contributed by atoms with Gasteiger partial charge < -0.3 is 9.88 Å². The van der Waals surface area contributed by atoms with E-state index in [9.17, 15) is 4.79 Å². The zero-order chi connectivity index (χ0) is 13.2. The number of imidazole rings is 1. The lowest BCUT2D eigenvalue weighted by Gasteiger charge is -2.07. The maximum absolute atomic E-state index is 11.8. The predicted octanol–water partition coefficient (Wildman–Crippen LogP) is 0.319. The highest BCUT2D eigenvalue weighted by Crippen LogP contribution is 2.38. The Bertz CT molecular complexity index is 583. The standard InChI is InChI=1S/C12H16N6O/c1-17-8-10(15-16-17)12(19)14-5-7-18-6-4-13-11(18)9-2-3-9/h4,6,8-9H,2-3,5,7H2,1H3,(H,14,19). The molecule has 1 N–H and O–H groups in total. The third-order valence-electron chi connectivity index (χ3n) is 3.16. The molecule has 0 aliphatic heterocycles. The fourth-order valence-electron chi connectivity index (χ4n) is 2.04. The molecule has 1 amide bonds. The first kappa shape index (κ1) is 11.9. The summed E-state index contributed by atoms with van der Waals surface area (Å²) in [7, 11) is 1.73. The van der Waals surface area contributed by atoms with Crippen molar-refractivity contribution in [1.82, 2.24) is 29.9 Å². The van der Waals surface area contributed by atoms with Crippen molar-refractivity contribution < 1.29 is 4.79 Å². The van der Waals surface area contributed by atoms with Crippen molar-refractivity contribution in [3.05, 3.63) is 30.1 Å². The Labute approximate surface area is 110 Å². The predicted molar refractivity (Wildman–Crippen MR) is 67.5 cm³/mol. The molecule has 0 radical (unpaired) electrons. The van der Waals surface area contributed by atoms with E-state index in [4.69, 9.17) is 0 Å². The van der Waals surface area contributed by atoms with Gasteiger partial charge in [-0.2, -0.15) is 0 Å². The van der Waals surface area contributed by atoms with Gasteiger partial charge >= 0.3 is 0 Å². The van der Waals surface area contributed by atoms with E-state index in [1.54, 1.807) is 13.2 Å². The van der Waals surface area contributed by atoms with Crippen LogP contribution in [-0.2, 0) is 13.6 Å². The molecule has 0 unspecified atom stereocenters. The number of rotatable bonds is 5. The summed E-state index contributed by atoms with van der Waals surface area (Å²) in [5, 5.41) is 10.3. The average Bonchev–Trinajstić information content (AvgIpc) is 2.97. The quantitative estimate of drug-likeness (QED) is 0.839. The van der Waals surface area contributed by atoms with Gasteiger partial charge in [-0.1, -0.05) is 5.21 Å². The van der Waals surface area contributed by atoms with E-state index >= 15 is 0 Å². The highest BCUT2D eigenvalue weighted by molar-refractivity contribution is 5.91. The second kappa shape index (κ2) is 4.83. The first-order chi connectivity index (χ1) is 9.24. The average molecular weight is 260 g/mol. The lowest BCUT2D eigenvalue weighted by atomic mass is 10.4. The first-order valence-electron chi connectivity index (χ1n) is 6.39. The Kier molecular flexibility index (Phi) is 3.02. The van der Waals surface area contributed by atoms with Crippen molar-refractivity contribution in [2.45, 2.75) is 25.3 Å². The number of nitrogens with zero attached hydrogens (tertiary/aromatic N) is 5. The molecule has 2 heterocycles. The van der Waals surface area contributed by atoms with Crippen LogP contribution in [0.4, 0.5) is 0 Å². The van der Waals surface area contributed by atoms with E-state index in [0.29, 0.717) is 18.2 Å². The number of carbonyl (C=O) groups excluding carboxylic acids is 1. The summed E-state index contributed by atoms with van der Waals surface area (Å²) in [6, 6.07) is 0. The zero-order valence-corrected chi connectivity index (χ0v) is 10.8. The fourth-order valence-corrected chi connectivity index (χ4v) is 2.04. The Morgan fingerprint density at radius 2 is 2.37 bits per heavy atom. The van der Waals surface area contributed by atoms with E-state index in [-0.39, 0.29) is 5.91 Å². The van der Waals surface area contributed by atoms with Crippen LogP contribution >= 0.6 is 0 Å². The minimum Gasteiger partial charge on any atom is -0.349 e. The van der Waals surface area contributed by atoms with Gasteiger partial charge in [-0.15, -0.1) is 5.10 Å². The van der Waals surface area contributed by atoms with Crippen LogP contribution in [0.2, 0.25) is 0 Å². The normalized spacial score (nSPS) is 14.6. The van der Waals surface area contributed by atoms with Crippen LogP contribution < -0.4 is 5.32 Å². The number of hydrogen-bond donors (Lipinski definition) is 1. The van der Waals surface area contributed by atoms with Gasteiger partial charge in [-0.25, -0.2) is 4.98 Å². The van der Waals surface area contributed by atoms with Gasteiger partial charge in [0.25, 0.3) is 5.91 Å². The Hall–Kier alpha value is -2.18. The largest absolute Gasteiger partial charge is 0.349 e. The molecule has 0 aromatic carbocycles. The molecule has 0 saturated heterocycles. The van der Waals surface area contributed by atoms with Crippen molar-refractivity contribution in [2.24, 2.45) is 7.05 Å². The smallest absolute Gasteiger partial charge is 0.273 e. The third kappa shape index (κ3) is 2.64. The van der Waals surface area contributed by atoms with Crippen LogP contribution in [0, 0.1) is 0 Å². The molecule has 1 aliphatic carbocycles. The van der Waals surface area contributed by atoms with Gasteiger partial charge in [-0.3, -0.25) is 9.48 Å². The third-order valence-corrected chi connectivity index (χ3v) is 3.16. The molecule has 1 fully saturated rings. The molecular formula is C12H16N6O. The summed E-state index contributed by atoms with van der Waals surface area (Å²) < 4.78 is 3.62. The van der Waals surface area contributed by atoms with Crippen LogP contribution in [0.15, 0.2) is 18.6 Å². The minimum atomic E-state index is -0.193. The van der Waals surface area contributed by atoms with E-state index in [0.717, 1.165) is 12.4 Å². The number of aryl methyl sites for hydroxylation is 1. The Morgan fingerprint density at radius 3 is 3.05 bits per heavy atom. The molecule has 0 bridgehead atoms. The van der Waals surface area contributed by atoms with Gasteiger partial charge in [0.05, 0.1) is 6.20 Å². The molecule has 1 aliphatic rings. The van der Waals surface area contributed by atoms with Gasteiger partial charge in [0, 0.05) is 38.4 Å². The number of amides is 1. The topological polar surface area (TPSA) is 77.6 Å². The summed E-state index contributed by atoms with van der Waals surface area (Å²) in [6.07, 6.45) is 7.83. The van der Waals surface area contributed by atoms with Gasteiger partial charge in [0.2, 0.25) is 0 Å². The Morgan fingerprint density at radius 1 is 1.53 bits per heavy atom. The maximum Gasteiger partial charge on any atom is 0.273 e. The minimum absolute atomic E-state index is 0.193. The lowest BCUT2D eigenvalue weighted by molar-refractivity contribution is 0.0947. The van der Waals surface area contributed by atoms with Gasteiger partial charge in [-0.05, 0) is 12.8 Å². The molecule has 2 aromatic rings. The number of carbonyl (C=O) groups is 1. The first-order valence-corrected chi connectivity index (χ1v) is 6.39. The van der Waals surface area contributed by atoms with E-state index in [2.05, 4.69) is 25.2 Å². The number of aromatic nitrogens is 5. The highest BCUT2D eigenvalue weighted by Gasteiger charge is 2.27. The van der Waals surface area contributed by atoms with Crippen molar-refractivity contribution in [3.8, 4) is 0 Å². The summed E-state index contributed by atoms with van der Waals surface area (Å²) in [5.74, 6) is 1.56. The summed E-state index contributed by atoms with van der Waals surface area (Å²) >= 11 is 0. The molecule has 0 spiro atoms. The van der Waals surface area contributed by atoms with E-state index in [1.807, 2.05) is 12.4 Å². The zero-order valence-electron chi connectivity index (χ0n) is 10.8. The molecule has 1 saturated carbocycles. The summed E-state index contributed by atoms with van der Waals surface area (Å²) in [4.78, 5) is 16.1. The summed E-state index contributed by atoms with van der Waals surface area (Å²) in [6.45, 7) is 1.29. The highest BCUT2D eigenvalue weighted by atomic mass is 16.2. The molecule has 0 atom stereocenters. The molecule has 3 rings (SSSR count). The van der Waals surface area contributed by atoms with Crippen LogP contribution in [-0.4, -0.2) is 37.0 Å². The van der Waals surface area contributed by atoms with Gasteiger partial charge in [0.1, 0.15) is 5.82 Å². The fraction of sp³-hybridized carbons (Fsp3) is 0.500. The second-order valence-corrected chi connectivity index (χ2v) is 4.79. The SMILES string of the molecule is Cn1cc(C(=O)NCCn2ccnc2C2CC2)nn1. The van der Waals surface area contributed by atoms with Crippen LogP contribution in [0.3, 0.4) is 0 Å². The van der Waals surface area contributed by atoms with Crippen molar-refractivity contribution in [1.29, 1.82) is 0 Å².